The topological polar surface area (TPSA) is 120 Å². The van der Waals surface area contributed by atoms with Crippen LogP contribution in [0, 0.1) is 34.0 Å². The van der Waals surface area contributed by atoms with Gasteiger partial charge in [-0.15, -0.1) is 0 Å². The Hall–Kier alpha value is -10.7. The number of nitriles is 3. The van der Waals surface area contributed by atoms with Crippen LogP contribution in [0.2, 0.25) is 0 Å². The standard InChI is InChI=1S/C66H38N8/c67-39-42-24-28-44(29-25-42)46-32-34-56(62(37-46)73-58-20-7-3-16-52(58)53-17-4-8-21-59(53)73)65-70-64(49-14-11-13-48(36-49)51-15-2-1-12-50(51)41-69)71-66(72-65)57-35-33-47(45-30-26-43(40-68)27-31-45)38-63(57)74-60-22-9-5-18-54(60)55-19-6-10-23-61(55)74/h1-38H. The zero-order chi connectivity index (χ0) is 49.7. The van der Waals surface area contributed by atoms with E-state index >= 15 is 0 Å². The first-order valence-corrected chi connectivity index (χ1v) is 24.2. The largest absolute Gasteiger partial charge is 0.308 e. The lowest BCUT2D eigenvalue weighted by Gasteiger charge is -2.18. The van der Waals surface area contributed by atoms with Crippen molar-refractivity contribution in [3.8, 4) is 97.1 Å². The van der Waals surface area contributed by atoms with Crippen molar-refractivity contribution in [1.29, 1.82) is 15.8 Å². The number of hydrogen-bond donors (Lipinski definition) is 0. The highest BCUT2D eigenvalue weighted by Gasteiger charge is 2.24. The molecule has 13 aromatic rings. The fourth-order valence-electron chi connectivity index (χ4n) is 10.4. The summed E-state index contributed by atoms with van der Waals surface area (Å²) in [6.45, 7) is 0. The van der Waals surface area contributed by atoms with Crippen molar-refractivity contribution in [2.24, 2.45) is 0 Å². The first-order chi connectivity index (χ1) is 36.5. The average molecular weight is 943 g/mol. The van der Waals surface area contributed by atoms with Crippen LogP contribution >= 0.6 is 0 Å². The summed E-state index contributed by atoms with van der Waals surface area (Å²) in [5, 5.41) is 34.0. The van der Waals surface area contributed by atoms with Gasteiger partial charge in [-0.2, -0.15) is 15.8 Å². The monoisotopic (exact) mass is 942 g/mol. The van der Waals surface area contributed by atoms with Gasteiger partial charge < -0.3 is 9.13 Å². The van der Waals surface area contributed by atoms with Gasteiger partial charge in [0.25, 0.3) is 0 Å². The highest BCUT2D eigenvalue weighted by atomic mass is 15.1. The maximum absolute atomic E-state index is 10.2. The van der Waals surface area contributed by atoms with Gasteiger partial charge in [0.1, 0.15) is 0 Å². The smallest absolute Gasteiger partial charge is 0.166 e. The summed E-state index contributed by atoms with van der Waals surface area (Å²) in [7, 11) is 0. The number of nitrogens with zero attached hydrogens (tertiary/aromatic N) is 8. The maximum Gasteiger partial charge on any atom is 0.166 e. The predicted molar refractivity (Wildman–Crippen MR) is 295 cm³/mol. The normalized spacial score (nSPS) is 11.2. The van der Waals surface area contributed by atoms with E-state index in [1.54, 1.807) is 0 Å². The van der Waals surface area contributed by atoms with Gasteiger partial charge in [-0.05, 0) is 118 Å². The SMILES string of the molecule is N#Cc1ccc(-c2ccc(-c3nc(-c4cccc(-c5ccccc5C#N)c4)nc(-c4ccc(-c5ccc(C#N)cc5)cc4-n4c5ccccc5c5ccccc54)n3)c(-n3c4ccccc4c4ccccc43)c2)cc1. The minimum atomic E-state index is 0.454. The number of hydrogen-bond acceptors (Lipinski definition) is 6. The number of para-hydroxylation sites is 4. The molecular formula is C66H38N8. The number of aromatic nitrogens is 5. The van der Waals surface area contributed by atoms with Crippen LogP contribution in [0.1, 0.15) is 16.7 Å². The van der Waals surface area contributed by atoms with Crippen LogP contribution < -0.4 is 0 Å². The van der Waals surface area contributed by atoms with E-state index in [4.69, 9.17) is 15.0 Å². The molecule has 0 unspecified atom stereocenters. The van der Waals surface area contributed by atoms with Gasteiger partial charge in [-0.3, -0.25) is 0 Å². The van der Waals surface area contributed by atoms with E-state index in [1.165, 1.54) is 0 Å². The van der Waals surface area contributed by atoms with E-state index < -0.39 is 0 Å². The molecule has 3 aromatic heterocycles. The third-order valence-corrected chi connectivity index (χ3v) is 13.9. The van der Waals surface area contributed by atoms with E-state index in [0.717, 1.165) is 105 Å². The molecule has 0 bridgehead atoms. The lowest BCUT2D eigenvalue weighted by molar-refractivity contribution is 1.06. The Morgan fingerprint density at radius 2 is 0.676 bits per heavy atom. The van der Waals surface area contributed by atoms with Gasteiger partial charge in [0, 0.05) is 38.2 Å². The van der Waals surface area contributed by atoms with Crippen LogP contribution in [0.25, 0.3) is 123 Å². The van der Waals surface area contributed by atoms with Crippen LogP contribution in [-0.2, 0) is 0 Å². The van der Waals surface area contributed by atoms with Crippen molar-refractivity contribution in [2.45, 2.75) is 0 Å². The predicted octanol–water partition coefficient (Wildman–Crippen LogP) is 15.7. The summed E-state index contributed by atoms with van der Waals surface area (Å²) in [5.74, 6) is 1.37. The first kappa shape index (κ1) is 43.3. The highest BCUT2D eigenvalue weighted by Crippen LogP contribution is 2.41. The molecule has 8 nitrogen and oxygen atoms in total. The van der Waals surface area contributed by atoms with Crippen LogP contribution in [0.5, 0.6) is 0 Å². The molecule has 0 N–H and O–H groups in total. The molecular weight excluding hydrogens is 905 g/mol. The van der Waals surface area contributed by atoms with E-state index in [0.29, 0.717) is 34.2 Å². The molecule has 0 aliphatic heterocycles. The Balaban J connectivity index is 1.12. The molecule has 0 saturated heterocycles. The fraction of sp³-hybridized carbons (Fsp3) is 0. The van der Waals surface area contributed by atoms with Crippen LogP contribution in [0.15, 0.2) is 231 Å². The zero-order valence-corrected chi connectivity index (χ0v) is 39.5. The second kappa shape index (κ2) is 17.9. The van der Waals surface area contributed by atoms with Gasteiger partial charge in [-0.25, -0.2) is 15.0 Å². The lowest BCUT2D eigenvalue weighted by Crippen LogP contribution is -2.06. The van der Waals surface area contributed by atoms with Crippen molar-refractivity contribution in [3.63, 3.8) is 0 Å². The second-order valence-electron chi connectivity index (χ2n) is 18.1. The van der Waals surface area contributed by atoms with E-state index in [1.807, 2.05) is 97.1 Å². The maximum atomic E-state index is 10.2. The molecule has 0 aliphatic rings. The first-order valence-electron chi connectivity index (χ1n) is 24.2. The molecule has 0 atom stereocenters. The second-order valence-corrected chi connectivity index (χ2v) is 18.1. The quantitative estimate of drug-likeness (QED) is 0.150. The van der Waals surface area contributed by atoms with E-state index in [-0.39, 0.29) is 0 Å². The molecule has 0 saturated carbocycles. The van der Waals surface area contributed by atoms with Gasteiger partial charge in [0.15, 0.2) is 17.5 Å². The molecule has 10 aromatic carbocycles. The Morgan fingerprint density at radius 1 is 0.284 bits per heavy atom. The van der Waals surface area contributed by atoms with Crippen molar-refractivity contribution in [2.75, 3.05) is 0 Å². The molecule has 0 amide bonds. The Kier molecular flexibility index (Phi) is 10.5. The van der Waals surface area contributed by atoms with Crippen LogP contribution in [0.4, 0.5) is 0 Å². The van der Waals surface area contributed by atoms with E-state index in [9.17, 15) is 15.8 Å². The Bertz CT molecular complexity index is 4180. The molecule has 0 aliphatic carbocycles. The van der Waals surface area contributed by atoms with Crippen molar-refractivity contribution >= 4 is 43.6 Å². The minimum Gasteiger partial charge on any atom is -0.308 e. The van der Waals surface area contributed by atoms with Gasteiger partial charge in [0.05, 0.1) is 68.3 Å². The summed E-state index contributed by atoms with van der Waals surface area (Å²) in [5.41, 5.74) is 15.4. The third kappa shape index (κ3) is 7.33. The molecule has 0 radical (unpaired) electrons. The lowest BCUT2D eigenvalue weighted by atomic mass is 9.98. The third-order valence-electron chi connectivity index (χ3n) is 13.9. The molecule has 74 heavy (non-hydrogen) atoms. The van der Waals surface area contributed by atoms with Crippen molar-refractivity contribution in [1.82, 2.24) is 24.1 Å². The van der Waals surface area contributed by atoms with Crippen LogP contribution in [-0.4, -0.2) is 24.1 Å². The van der Waals surface area contributed by atoms with Crippen LogP contribution in [0.3, 0.4) is 0 Å². The molecule has 342 valence electrons. The summed E-state index contributed by atoms with van der Waals surface area (Å²) in [4.78, 5) is 16.4. The molecule has 0 spiro atoms. The number of benzene rings is 10. The van der Waals surface area contributed by atoms with Gasteiger partial charge in [0.2, 0.25) is 0 Å². The minimum absolute atomic E-state index is 0.454. The summed E-state index contributed by atoms with van der Waals surface area (Å²) >= 11 is 0. The highest BCUT2D eigenvalue weighted by molar-refractivity contribution is 6.11. The van der Waals surface area contributed by atoms with Gasteiger partial charge in [-0.1, -0.05) is 146 Å². The summed E-state index contributed by atoms with van der Waals surface area (Å²) in [6, 6.07) is 84.4. The van der Waals surface area contributed by atoms with Crippen molar-refractivity contribution < 1.29 is 0 Å². The molecule has 0 fully saturated rings. The average Bonchev–Trinajstić information content (AvgIpc) is 4.00. The molecule has 13 rings (SSSR count). The number of fused-ring (bicyclic) bond motifs is 6. The van der Waals surface area contributed by atoms with Crippen molar-refractivity contribution in [3.05, 3.63) is 247 Å². The summed E-state index contributed by atoms with van der Waals surface area (Å²) in [6.07, 6.45) is 0. The molecule has 3 heterocycles. The molecule has 8 heteroatoms. The fourth-order valence-corrected chi connectivity index (χ4v) is 10.4. The Labute approximate surface area is 425 Å². The number of rotatable bonds is 8. The zero-order valence-electron chi connectivity index (χ0n) is 39.5. The Morgan fingerprint density at radius 3 is 1.12 bits per heavy atom. The summed E-state index contributed by atoms with van der Waals surface area (Å²) < 4.78 is 4.59. The van der Waals surface area contributed by atoms with Gasteiger partial charge >= 0.3 is 0 Å². The van der Waals surface area contributed by atoms with E-state index in [2.05, 4.69) is 161 Å².